The number of carbonyl (C=O) groups excluding carboxylic acids is 4. The van der Waals surface area contributed by atoms with Crippen molar-refractivity contribution in [3.05, 3.63) is 79.9 Å². The number of primary amides is 1. The molecule has 1 fully saturated rings. The molecule has 43 heavy (non-hydrogen) atoms. The molecule has 3 N–H and O–H groups in total. The van der Waals surface area contributed by atoms with Gasteiger partial charge < -0.3 is 30.3 Å². The fourth-order valence-corrected chi connectivity index (χ4v) is 5.33. The van der Waals surface area contributed by atoms with Crippen molar-refractivity contribution in [3.8, 4) is 0 Å². The molecular formula is C26H30N6O10S. The highest BCUT2D eigenvalue weighted by atomic mass is 32.2. The number of benzene rings is 2. The first-order chi connectivity index (χ1) is 20.4. The average Bonchev–Trinajstić information content (AvgIpc) is 3.35. The minimum atomic E-state index is -0.797. The molecule has 0 aromatic heterocycles. The zero-order valence-corrected chi connectivity index (χ0v) is 23.9. The summed E-state index contributed by atoms with van der Waals surface area (Å²) in [6.07, 6.45) is -1.12. The summed E-state index contributed by atoms with van der Waals surface area (Å²) in [5.74, 6) is 0. The van der Waals surface area contributed by atoms with E-state index >= 15 is 0 Å². The van der Waals surface area contributed by atoms with Crippen LogP contribution in [0.2, 0.25) is 0 Å². The average molecular weight is 619 g/mol. The Bertz CT molecular complexity index is 1340. The van der Waals surface area contributed by atoms with Crippen LogP contribution in [0.3, 0.4) is 0 Å². The van der Waals surface area contributed by atoms with Gasteiger partial charge in [0.2, 0.25) is 0 Å². The first-order valence-electron chi connectivity index (χ1n) is 12.9. The number of nitro groups is 2. The fraction of sp³-hybridized carbons (Fsp3) is 0.385. The number of nitro benzene ring substituents is 2. The summed E-state index contributed by atoms with van der Waals surface area (Å²) < 4.78 is 10.9. The fourth-order valence-electron chi connectivity index (χ4n) is 4.31. The molecule has 2 atom stereocenters. The molecule has 230 valence electrons. The van der Waals surface area contributed by atoms with Crippen LogP contribution in [0, 0.1) is 20.2 Å². The molecule has 2 aromatic rings. The van der Waals surface area contributed by atoms with Crippen molar-refractivity contribution in [1.29, 1.82) is 0 Å². The van der Waals surface area contributed by atoms with Gasteiger partial charge in [-0.25, -0.2) is 14.4 Å². The highest BCUT2D eigenvalue weighted by Gasteiger charge is 2.39. The van der Waals surface area contributed by atoms with Gasteiger partial charge in [-0.05, 0) is 41.8 Å². The molecule has 2 aromatic carbocycles. The first kappa shape index (κ1) is 32.6. The molecule has 3 rings (SSSR count). The number of nitrogens with zero attached hydrogens (tertiary/aromatic N) is 4. The van der Waals surface area contributed by atoms with Crippen LogP contribution < -0.4 is 11.1 Å². The number of thioether (sulfide) groups is 1. The Morgan fingerprint density at radius 1 is 0.977 bits per heavy atom. The highest BCUT2D eigenvalue weighted by molar-refractivity contribution is 8.14. The van der Waals surface area contributed by atoms with Gasteiger partial charge >= 0.3 is 18.2 Å². The third-order valence-corrected chi connectivity index (χ3v) is 7.34. The number of urea groups is 1. The Morgan fingerprint density at radius 3 is 2.00 bits per heavy atom. The summed E-state index contributed by atoms with van der Waals surface area (Å²) in [5, 5.41) is 23.7. The summed E-state index contributed by atoms with van der Waals surface area (Å²) in [5.41, 5.74) is 5.95. The number of amides is 4. The lowest BCUT2D eigenvalue weighted by Gasteiger charge is -2.30. The Labute approximate surface area is 249 Å². The third kappa shape index (κ3) is 10.1. The van der Waals surface area contributed by atoms with Gasteiger partial charge in [0, 0.05) is 62.6 Å². The second-order valence-electron chi connectivity index (χ2n) is 9.47. The second-order valence-corrected chi connectivity index (χ2v) is 10.9. The van der Waals surface area contributed by atoms with Gasteiger partial charge in [0.1, 0.15) is 13.2 Å². The number of nitrogens with one attached hydrogen (secondary N) is 1. The first-order valence-corrected chi connectivity index (χ1v) is 13.8. The monoisotopic (exact) mass is 618 g/mol. The van der Waals surface area contributed by atoms with E-state index in [1.807, 2.05) is 0 Å². The molecule has 0 radical (unpaired) electrons. The van der Waals surface area contributed by atoms with Gasteiger partial charge in [-0.3, -0.25) is 25.0 Å². The predicted molar refractivity (Wildman–Crippen MR) is 153 cm³/mol. The van der Waals surface area contributed by atoms with Gasteiger partial charge in [0.25, 0.3) is 11.4 Å². The van der Waals surface area contributed by atoms with E-state index in [2.05, 4.69) is 5.32 Å². The largest absolute Gasteiger partial charge is 0.445 e. The molecule has 0 spiro atoms. The normalized spacial score (nSPS) is 15.8. The number of nitrogens with two attached hydrogens (primary N) is 1. The molecule has 1 heterocycles. The molecule has 16 nitrogen and oxygen atoms in total. The lowest BCUT2D eigenvalue weighted by Crippen LogP contribution is -2.48. The Kier molecular flexibility index (Phi) is 11.6. The van der Waals surface area contributed by atoms with E-state index in [9.17, 15) is 39.4 Å². The number of non-ortho nitro benzene ring substituents is 2. The molecule has 0 bridgehead atoms. The lowest BCUT2D eigenvalue weighted by atomic mass is 10.2. The van der Waals surface area contributed by atoms with Crippen LogP contribution in [-0.4, -0.2) is 80.5 Å². The van der Waals surface area contributed by atoms with E-state index in [4.69, 9.17) is 15.2 Å². The van der Waals surface area contributed by atoms with Crippen molar-refractivity contribution in [2.45, 2.75) is 37.9 Å². The van der Waals surface area contributed by atoms with Crippen molar-refractivity contribution in [2.24, 2.45) is 5.73 Å². The molecule has 4 amide bonds. The van der Waals surface area contributed by atoms with Crippen molar-refractivity contribution in [3.63, 3.8) is 0 Å². The molecule has 1 aliphatic rings. The summed E-state index contributed by atoms with van der Waals surface area (Å²) in [7, 11) is 0. The topological polar surface area (TPSA) is 218 Å². The zero-order valence-electron chi connectivity index (χ0n) is 23.1. The summed E-state index contributed by atoms with van der Waals surface area (Å²) in [6, 6.07) is 9.61. The number of carbonyl (C=O) groups is 4. The van der Waals surface area contributed by atoms with Crippen LogP contribution in [0.4, 0.5) is 25.8 Å². The Morgan fingerprint density at radius 2 is 1.51 bits per heavy atom. The molecule has 1 saturated heterocycles. The standard InChI is InChI=1S/C26H30N6O10S/c1-17(33)43-23-12-22(30(14-23)26(36)42-16-19-4-8-21(9-5-19)32(39)40)13-29(11-10-28-24(27)34)25(35)41-15-18-2-6-20(7-3-18)31(37)38/h2-9,22-23H,10-16H2,1H3,(H3,27,28,34). The van der Waals surface area contributed by atoms with Crippen LogP contribution in [0.15, 0.2) is 48.5 Å². The van der Waals surface area contributed by atoms with E-state index in [-0.39, 0.29) is 61.1 Å². The van der Waals surface area contributed by atoms with Crippen molar-refractivity contribution >= 4 is 46.5 Å². The predicted octanol–water partition coefficient (Wildman–Crippen LogP) is 3.17. The van der Waals surface area contributed by atoms with Gasteiger partial charge in [0.15, 0.2) is 5.12 Å². The van der Waals surface area contributed by atoms with Crippen LogP contribution in [0.25, 0.3) is 0 Å². The second kappa shape index (κ2) is 15.3. The lowest BCUT2D eigenvalue weighted by molar-refractivity contribution is -0.385. The minimum Gasteiger partial charge on any atom is -0.445 e. The maximum Gasteiger partial charge on any atom is 0.410 e. The number of ether oxygens (including phenoxy) is 2. The summed E-state index contributed by atoms with van der Waals surface area (Å²) in [6.45, 7) is 1.17. The van der Waals surface area contributed by atoms with Crippen LogP contribution in [0.5, 0.6) is 0 Å². The van der Waals surface area contributed by atoms with Crippen LogP contribution in [-0.2, 0) is 27.5 Å². The van der Waals surface area contributed by atoms with Crippen molar-refractivity contribution in [1.82, 2.24) is 15.1 Å². The Hall–Kier alpha value is -4.93. The molecular weight excluding hydrogens is 588 g/mol. The van der Waals surface area contributed by atoms with Crippen molar-refractivity contribution < 1.29 is 38.5 Å². The van der Waals surface area contributed by atoms with Gasteiger partial charge in [-0.2, -0.15) is 0 Å². The highest BCUT2D eigenvalue weighted by Crippen LogP contribution is 2.30. The smallest absolute Gasteiger partial charge is 0.410 e. The van der Waals surface area contributed by atoms with E-state index in [0.29, 0.717) is 17.5 Å². The quantitative estimate of drug-likeness (QED) is 0.260. The summed E-state index contributed by atoms with van der Waals surface area (Å²) in [4.78, 5) is 72.6. The molecule has 2 unspecified atom stereocenters. The summed E-state index contributed by atoms with van der Waals surface area (Å²) >= 11 is 1.07. The number of likely N-dealkylation sites (tertiary alicyclic amines) is 1. The molecule has 0 aliphatic carbocycles. The number of rotatable bonds is 12. The van der Waals surface area contributed by atoms with E-state index in [1.54, 1.807) is 0 Å². The van der Waals surface area contributed by atoms with E-state index in [0.717, 1.165) is 11.8 Å². The number of hydrogen-bond acceptors (Lipinski definition) is 11. The van der Waals surface area contributed by atoms with Crippen molar-refractivity contribution in [2.75, 3.05) is 26.2 Å². The van der Waals surface area contributed by atoms with Crippen LogP contribution in [0.1, 0.15) is 24.5 Å². The molecule has 0 saturated carbocycles. The van der Waals surface area contributed by atoms with Gasteiger partial charge in [0.05, 0.1) is 15.9 Å². The molecule has 17 heteroatoms. The maximum absolute atomic E-state index is 13.1. The third-order valence-electron chi connectivity index (χ3n) is 6.33. The minimum absolute atomic E-state index is 0.00903. The van der Waals surface area contributed by atoms with Gasteiger partial charge in [-0.1, -0.05) is 11.8 Å². The van der Waals surface area contributed by atoms with Gasteiger partial charge in [-0.15, -0.1) is 0 Å². The van der Waals surface area contributed by atoms with Crippen LogP contribution >= 0.6 is 11.8 Å². The molecule has 1 aliphatic heterocycles. The SMILES string of the molecule is CC(=O)SC1CC(CN(CCNC(N)=O)C(=O)OCc2ccc([N+](=O)[O-])cc2)N(C(=O)OCc2ccc([N+](=O)[O-])cc2)C1. The van der Waals surface area contributed by atoms with E-state index < -0.39 is 34.1 Å². The maximum atomic E-state index is 13.1. The van der Waals surface area contributed by atoms with E-state index in [1.165, 1.54) is 65.3 Å². The number of hydrogen-bond donors (Lipinski definition) is 2. The Balaban J connectivity index is 1.70. The zero-order chi connectivity index (χ0) is 31.5.